The van der Waals surface area contributed by atoms with Crippen molar-refractivity contribution in [2.24, 2.45) is 5.73 Å². The summed E-state index contributed by atoms with van der Waals surface area (Å²) in [5.74, 6) is 1.11. The third-order valence-corrected chi connectivity index (χ3v) is 3.40. The molecule has 100 valence electrons. The second-order valence-corrected chi connectivity index (χ2v) is 5.18. The van der Waals surface area contributed by atoms with Crippen molar-refractivity contribution in [3.05, 3.63) is 59.3 Å². The van der Waals surface area contributed by atoms with Crippen LogP contribution in [0.2, 0.25) is 0 Å². The summed E-state index contributed by atoms with van der Waals surface area (Å²) in [6.07, 6.45) is 2.41. The molecule has 19 heavy (non-hydrogen) atoms. The van der Waals surface area contributed by atoms with E-state index in [9.17, 15) is 0 Å². The molecule has 4 N–H and O–H groups in total. The van der Waals surface area contributed by atoms with Crippen LogP contribution in [0.25, 0.3) is 0 Å². The fourth-order valence-corrected chi connectivity index (χ4v) is 2.11. The van der Waals surface area contributed by atoms with E-state index in [0.29, 0.717) is 18.2 Å². The summed E-state index contributed by atoms with van der Waals surface area (Å²) in [4.78, 5) is 4.09. The number of anilines is 1. The summed E-state index contributed by atoms with van der Waals surface area (Å²) in [7, 11) is 0. The van der Waals surface area contributed by atoms with Gasteiger partial charge in [-0.2, -0.15) is 0 Å². The maximum atomic E-state index is 6.24. The normalized spacial score (nSPS) is 12.6. The van der Waals surface area contributed by atoms with Gasteiger partial charge in [0, 0.05) is 12.2 Å². The maximum Gasteiger partial charge on any atom is 0.126 e. The van der Waals surface area contributed by atoms with Crippen LogP contribution in [0.3, 0.4) is 0 Å². The van der Waals surface area contributed by atoms with Crippen LogP contribution in [-0.2, 0) is 6.42 Å². The highest BCUT2D eigenvalue weighted by molar-refractivity contribution is 5.40. The third-order valence-electron chi connectivity index (χ3n) is 3.40. The molecule has 1 atom stereocenters. The molecule has 0 aliphatic carbocycles. The van der Waals surface area contributed by atoms with Crippen LogP contribution in [0.1, 0.15) is 42.5 Å². The molecule has 0 bridgehead atoms. The smallest absolute Gasteiger partial charge is 0.126 e. The first kappa shape index (κ1) is 13.6. The molecule has 0 amide bonds. The molecule has 0 spiro atoms. The van der Waals surface area contributed by atoms with Crippen molar-refractivity contribution in [3.8, 4) is 0 Å². The second-order valence-electron chi connectivity index (χ2n) is 5.18. The van der Waals surface area contributed by atoms with E-state index in [0.717, 1.165) is 11.1 Å². The van der Waals surface area contributed by atoms with Gasteiger partial charge in [0.25, 0.3) is 0 Å². The summed E-state index contributed by atoms with van der Waals surface area (Å²) >= 11 is 0. The third kappa shape index (κ3) is 3.32. The highest BCUT2D eigenvalue weighted by Gasteiger charge is 2.10. The van der Waals surface area contributed by atoms with E-state index in [1.165, 1.54) is 5.56 Å². The molecule has 1 unspecified atom stereocenters. The average Bonchev–Trinajstić information content (AvgIpc) is 2.41. The Hall–Kier alpha value is -1.87. The van der Waals surface area contributed by atoms with Crippen molar-refractivity contribution in [3.63, 3.8) is 0 Å². The van der Waals surface area contributed by atoms with E-state index in [2.05, 4.69) is 43.1 Å². The van der Waals surface area contributed by atoms with Gasteiger partial charge >= 0.3 is 0 Å². The zero-order chi connectivity index (χ0) is 13.8. The summed E-state index contributed by atoms with van der Waals surface area (Å²) in [5.41, 5.74) is 15.5. The lowest BCUT2D eigenvalue weighted by atomic mass is 9.96. The highest BCUT2D eigenvalue weighted by atomic mass is 14.8. The molecule has 0 fully saturated rings. The second kappa shape index (κ2) is 5.85. The molecule has 0 saturated heterocycles. The van der Waals surface area contributed by atoms with E-state index < -0.39 is 0 Å². The quantitative estimate of drug-likeness (QED) is 0.882. The lowest BCUT2D eigenvalue weighted by Gasteiger charge is -2.14. The molecular formula is C16H21N3. The molecule has 0 aliphatic rings. The van der Waals surface area contributed by atoms with Crippen molar-refractivity contribution >= 4 is 5.82 Å². The van der Waals surface area contributed by atoms with E-state index >= 15 is 0 Å². The number of nitrogens with two attached hydrogens (primary N) is 2. The zero-order valence-electron chi connectivity index (χ0n) is 11.5. The topological polar surface area (TPSA) is 64.9 Å². The highest BCUT2D eigenvalue weighted by Crippen LogP contribution is 2.21. The Labute approximate surface area is 114 Å². The Morgan fingerprint density at radius 1 is 1.05 bits per heavy atom. The lowest BCUT2D eigenvalue weighted by Crippen LogP contribution is -2.14. The first-order chi connectivity index (χ1) is 9.08. The number of nitrogens with zero attached hydrogens (tertiary/aromatic N) is 1. The Balaban J connectivity index is 2.12. The molecule has 0 saturated carbocycles. The van der Waals surface area contributed by atoms with E-state index in [1.807, 2.05) is 12.1 Å². The standard InChI is InChI=1S/C16H21N3/c1-11(2)12-5-7-13(8-6-12)15(17)10-14-4-3-9-19-16(14)18/h3-9,11,15H,10,17H2,1-2H3,(H2,18,19). The minimum atomic E-state index is -0.0484. The number of hydrogen-bond donors (Lipinski definition) is 2. The van der Waals surface area contributed by atoms with Crippen molar-refractivity contribution < 1.29 is 0 Å². The molecule has 1 heterocycles. The number of nitrogen functional groups attached to an aromatic ring is 1. The van der Waals surface area contributed by atoms with Crippen LogP contribution < -0.4 is 11.5 Å². The molecule has 3 heteroatoms. The van der Waals surface area contributed by atoms with Crippen LogP contribution in [-0.4, -0.2) is 4.98 Å². The van der Waals surface area contributed by atoms with Gasteiger partial charge in [-0.3, -0.25) is 0 Å². The van der Waals surface area contributed by atoms with Gasteiger partial charge in [-0.1, -0.05) is 44.2 Å². The van der Waals surface area contributed by atoms with Crippen LogP contribution in [0.15, 0.2) is 42.6 Å². The molecule has 1 aromatic heterocycles. The van der Waals surface area contributed by atoms with Gasteiger partial charge in [0.2, 0.25) is 0 Å². The largest absolute Gasteiger partial charge is 0.383 e. The first-order valence-corrected chi connectivity index (χ1v) is 6.62. The Bertz CT molecular complexity index is 532. The maximum absolute atomic E-state index is 6.24. The van der Waals surface area contributed by atoms with Crippen molar-refractivity contribution in [2.45, 2.75) is 32.2 Å². The van der Waals surface area contributed by atoms with Crippen molar-refractivity contribution in [1.82, 2.24) is 4.98 Å². The molecule has 2 rings (SSSR count). The van der Waals surface area contributed by atoms with Gasteiger partial charge in [-0.15, -0.1) is 0 Å². The van der Waals surface area contributed by atoms with Crippen LogP contribution in [0.4, 0.5) is 5.82 Å². The lowest BCUT2D eigenvalue weighted by molar-refractivity contribution is 0.720. The first-order valence-electron chi connectivity index (χ1n) is 6.62. The monoisotopic (exact) mass is 255 g/mol. The van der Waals surface area contributed by atoms with Gasteiger partial charge in [-0.25, -0.2) is 4.98 Å². The van der Waals surface area contributed by atoms with Crippen molar-refractivity contribution in [2.75, 3.05) is 5.73 Å². The van der Waals surface area contributed by atoms with Gasteiger partial charge in [0.15, 0.2) is 0 Å². The fourth-order valence-electron chi connectivity index (χ4n) is 2.11. The molecule has 1 aromatic carbocycles. The molecule has 0 aliphatic heterocycles. The van der Waals surface area contributed by atoms with Gasteiger partial charge in [0.1, 0.15) is 5.82 Å². The zero-order valence-corrected chi connectivity index (χ0v) is 11.5. The van der Waals surface area contributed by atoms with E-state index in [1.54, 1.807) is 6.20 Å². The number of rotatable bonds is 4. The van der Waals surface area contributed by atoms with Crippen molar-refractivity contribution in [1.29, 1.82) is 0 Å². The minimum absolute atomic E-state index is 0.0484. The number of aromatic nitrogens is 1. The molecular weight excluding hydrogens is 234 g/mol. The van der Waals surface area contributed by atoms with Crippen LogP contribution in [0.5, 0.6) is 0 Å². The fraction of sp³-hybridized carbons (Fsp3) is 0.312. The van der Waals surface area contributed by atoms with Crippen LogP contribution in [0, 0.1) is 0 Å². The number of benzene rings is 1. The molecule has 0 radical (unpaired) electrons. The number of pyridine rings is 1. The molecule has 2 aromatic rings. The Morgan fingerprint density at radius 2 is 1.68 bits per heavy atom. The van der Waals surface area contributed by atoms with Gasteiger partial charge in [0.05, 0.1) is 0 Å². The summed E-state index contributed by atoms with van der Waals surface area (Å²) < 4.78 is 0. The summed E-state index contributed by atoms with van der Waals surface area (Å²) in [5, 5.41) is 0. The summed E-state index contributed by atoms with van der Waals surface area (Å²) in [6, 6.07) is 12.3. The number of hydrogen-bond acceptors (Lipinski definition) is 3. The Morgan fingerprint density at radius 3 is 2.26 bits per heavy atom. The predicted octanol–water partition coefficient (Wildman–Crippen LogP) is 3.03. The SMILES string of the molecule is CC(C)c1ccc(C(N)Cc2cccnc2N)cc1. The average molecular weight is 255 g/mol. The van der Waals surface area contributed by atoms with Gasteiger partial charge < -0.3 is 11.5 Å². The summed E-state index contributed by atoms with van der Waals surface area (Å²) in [6.45, 7) is 4.37. The Kier molecular flexibility index (Phi) is 4.17. The van der Waals surface area contributed by atoms with E-state index in [-0.39, 0.29) is 6.04 Å². The van der Waals surface area contributed by atoms with Crippen LogP contribution >= 0.6 is 0 Å². The van der Waals surface area contributed by atoms with E-state index in [4.69, 9.17) is 11.5 Å². The van der Waals surface area contributed by atoms with Gasteiger partial charge in [-0.05, 0) is 35.1 Å². The molecule has 3 nitrogen and oxygen atoms in total. The predicted molar refractivity (Wildman–Crippen MR) is 79.8 cm³/mol. The minimum Gasteiger partial charge on any atom is -0.383 e.